The second-order valence-electron chi connectivity index (χ2n) is 4.06. The highest BCUT2D eigenvalue weighted by molar-refractivity contribution is 5.95. The van der Waals surface area contributed by atoms with E-state index in [1.807, 2.05) is 37.3 Å². The first-order chi connectivity index (χ1) is 9.26. The van der Waals surface area contributed by atoms with Crippen LogP contribution in [-0.4, -0.2) is 5.91 Å². The summed E-state index contributed by atoms with van der Waals surface area (Å²) in [6.07, 6.45) is 2.12. The predicted octanol–water partition coefficient (Wildman–Crippen LogP) is 2.84. The fourth-order valence-corrected chi connectivity index (χ4v) is 1.86. The van der Waals surface area contributed by atoms with Gasteiger partial charge in [0, 0.05) is 6.42 Å². The number of hydrogen-bond acceptors (Lipinski definition) is 3. The third-order valence-electron chi connectivity index (χ3n) is 2.85. The van der Waals surface area contributed by atoms with E-state index in [9.17, 15) is 4.79 Å². The summed E-state index contributed by atoms with van der Waals surface area (Å²) < 4.78 is 5.21. The van der Waals surface area contributed by atoms with Crippen LogP contribution < -0.4 is 5.32 Å². The van der Waals surface area contributed by atoms with Gasteiger partial charge in [-0.05, 0) is 11.6 Å². The lowest BCUT2D eigenvalue weighted by Crippen LogP contribution is -2.27. The maximum Gasteiger partial charge on any atom is 0.256 e. The Morgan fingerprint density at radius 1 is 1.37 bits per heavy atom. The molecule has 0 radical (unpaired) electrons. The van der Waals surface area contributed by atoms with Crippen molar-refractivity contribution in [1.82, 2.24) is 5.32 Å². The molecular formula is C15H14N2O2. The van der Waals surface area contributed by atoms with Crippen LogP contribution in [0.5, 0.6) is 0 Å². The summed E-state index contributed by atoms with van der Waals surface area (Å²) in [4.78, 5) is 12.1. The molecule has 96 valence electrons. The zero-order valence-corrected chi connectivity index (χ0v) is 10.6. The molecule has 0 aliphatic heterocycles. The number of rotatable bonds is 4. The van der Waals surface area contributed by atoms with Crippen molar-refractivity contribution in [2.24, 2.45) is 0 Å². The molecule has 0 aliphatic carbocycles. The number of amides is 1. The molecule has 1 atom stereocenters. The predicted molar refractivity (Wildman–Crippen MR) is 70.3 cm³/mol. The summed E-state index contributed by atoms with van der Waals surface area (Å²) in [6, 6.07) is 12.2. The number of aryl methyl sites for hydroxylation is 1. The maximum absolute atomic E-state index is 12.1. The van der Waals surface area contributed by atoms with E-state index in [1.165, 1.54) is 6.26 Å². The zero-order valence-electron chi connectivity index (χ0n) is 10.6. The van der Waals surface area contributed by atoms with Gasteiger partial charge >= 0.3 is 0 Å². The lowest BCUT2D eigenvalue weighted by atomic mass is 10.1. The Kier molecular flexibility index (Phi) is 3.99. The van der Waals surface area contributed by atoms with E-state index in [2.05, 4.69) is 11.4 Å². The van der Waals surface area contributed by atoms with Gasteiger partial charge in [-0.25, -0.2) is 0 Å². The summed E-state index contributed by atoms with van der Waals surface area (Å²) in [5, 5.41) is 11.9. The monoisotopic (exact) mass is 254 g/mol. The van der Waals surface area contributed by atoms with Gasteiger partial charge in [0.1, 0.15) is 11.8 Å². The summed E-state index contributed by atoms with van der Waals surface area (Å²) in [5.41, 5.74) is 1.25. The van der Waals surface area contributed by atoms with Crippen LogP contribution in [0.1, 0.15) is 34.6 Å². The molecule has 1 amide bonds. The Balaban J connectivity index is 2.16. The van der Waals surface area contributed by atoms with Crippen LogP contribution in [0.25, 0.3) is 0 Å². The van der Waals surface area contributed by atoms with Crippen LogP contribution in [0.3, 0.4) is 0 Å². The van der Waals surface area contributed by atoms with Gasteiger partial charge < -0.3 is 9.73 Å². The van der Waals surface area contributed by atoms with Crippen molar-refractivity contribution in [2.45, 2.75) is 19.4 Å². The molecule has 0 saturated heterocycles. The minimum atomic E-state index is -0.659. The van der Waals surface area contributed by atoms with Gasteiger partial charge in [0.05, 0.1) is 17.9 Å². The normalized spacial score (nSPS) is 11.6. The molecule has 1 heterocycles. The Hall–Kier alpha value is -2.54. The highest BCUT2D eigenvalue weighted by Crippen LogP contribution is 2.15. The lowest BCUT2D eigenvalue weighted by Gasteiger charge is -2.11. The molecule has 1 aromatic heterocycles. The van der Waals surface area contributed by atoms with Crippen LogP contribution in [0.15, 0.2) is 47.1 Å². The fraction of sp³-hybridized carbons (Fsp3) is 0.200. The second kappa shape index (κ2) is 5.87. The van der Waals surface area contributed by atoms with Crippen molar-refractivity contribution < 1.29 is 9.21 Å². The summed E-state index contributed by atoms with van der Waals surface area (Å²) in [7, 11) is 0. The van der Waals surface area contributed by atoms with E-state index in [0.29, 0.717) is 17.7 Å². The van der Waals surface area contributed by atoms with Gasteiger partial charge in [-0.3, -0.25) is 4.79 Å². The summed E-state index contributed by atoms with van der Waals surface area (Å²) >= 11 is 0. The highest BCUT2D eigenvalue weighted by Gasteiger charge is 2.18. The van der Waals surface area contributed by atoms with Crippen molar-refractivity contribution in [3.63, 3.8) is 0 Å². The Morgan fingerprint density at radius 3 is 2.74 bits per heavy atom. The SMILES string of the molecule is CCc1occc1C(=O)NC(C#N)c1ccccc1. The molecule has 0 saturated carbocycles. The van der Waals surface area contributed by atoms with Crippen LogP contribution in [0.4, 0.5) is 0 Å². The van der Waals surface area contributed by atoms with E-state index in [-0.39, 0.29) is 5.91 Å². The first kappa shape index (κ1) is 12.9. The number of nitrogens with zero attached hydrogens (tertiary/aromatic N) is 1. The molecule has 0 aliphatic rings. The Morgan fingerprint density at radius 2 is 2.11 bits per heavy atom. The number of furan rings is 1. The molecule has 19 heavy (non-hydrogen) atoms. The van der Waals surface area contributed by atoms with Crippen molar-refractivity contribution in [2.75, 3.05) is 0 Å². The first-order valence-corrected chi connectivity index (χ1v) is 6.08. The number of nitrogens with one attached hydrogen (secondary N) is 1. The number of benzene rings is 1. The average Bonchev–Trinajstić information content (AvgIpc) is 2.94. The zero-order chi connectivity index (χ0) is 13.7. The van der Waals surface area contributed by atoms with E-state index in [0.717, 1.165) is 5.56 Å². The largest absolute Gasteiger partial charge is 0.469 e. The molecule has 0 spiro atoms. The van der Waals surface area contributed by atoms with Crippen LogP contribution in [0, 0.1) is 11.3 Å². The lowest BCUT2D eigenvalue weighted by molar-refractivity contribution is 0.0943. The van der Waals surface area contributed by atoms with Crippen molar-refractivity contribution in [1.29, 1.82) is 5.26 Å². The topological polar surface area (TPSA) is 66.0 Å². The number of carbonyl (C=O) groups is 1. The van der Waals surface area contributed by atoms with E-state index in [1.54, 1.807) is 6.07 Å². The standard InChI is InChI=1S/C15H14N2O2/c1-2-14-12(8-9-19-14)15(18)17-13(10-16)11-6-4-3-5-7-11/h3-9,13H,2H2,1H3,(H,17,18). The average molecular weight is 254 g/mol. The molecule has 1 aromatic carbocycles. The van der Waals surface area contributed by atoms with Crippen molar-refractivity contribution in [3.05, 3.63) is 59.5 Å². The number of carbonyl (C=O) groups excluding carboxylic acids is 1. The number of nitriles is 1. The van der Waals surface area contributed by atoms with Gasteiger partial charge in [-0.2, -0.15) is 5.26 Å². The molecule has 0 fully saturated rings. The molecule has 4 nitrogen and oxygen atoms in total. The molecule has 4 heteroatoms. The minimum absolute atomic E-state index is 0.291. The molecular weight excluding hydrogens is 240 g/mol. The van der Waals surface area contributed by atoms with Crippen LogP contribution in [0.2, 0.25) is 0 Å². The van der Waals surface area contributed by atoms with Gasteiger partial charge in [-0.1, -0.05) is 37.3 Å². The number of hydrogen-bond donors (Lipinski definition) is 1. The van der Waals surface area contributed by atoms with Crippen LogP contribution >= 0.6 is 0 Å². The fourth-order valence-electron chi connectivity index (χ4n) is 1.86. The third-order valence-corrected chi connectivity index (χ3v) is 2.85. The first-order valence-electron chi connectivity index (χ1n) is 6.08. The van der Waals surface area contributed by atoms with E-state index < -0.39 is 6.04 Å². The quantitative estimate of drug-likeness (QED) is 0.912. The highest BCUT2D eigenvalue weighted by atomic mass is 16.3. The van der Waals surface area contributed by atoms with Crippen molar-refractivity contribution in [3.8, 4) is 6.07 Å². The smallest absolute Gasteiger partial charge is 0.256 e. The maximum atomic E-state index is 12.1. The molecule has 1 N–H and O–H groups in total. The van der Waals surface area contributed by atoms with Gasteiger partial charge in [-0.15, -0.1) is 0 Å². The molecule has 2 aromatic rings. The van der Waals surface area contributed by atoms with Crippen molar-refractivity contribution >= 4 is 5.91 Å². The van der Waals surface area contributed by atoms with Gasteiger partial charge in [0.2, 0.25) is 0 Å². The Labute approximate surface area is 111 Å². The molecule has 1 unspecified atom stereocenters. The Bertz CT molecular complexity index is 596. The van der Waals surface area contributed by atoms with Gasteiger partial charge in [0.25, 0.3) is 5.91 Å². The summed E-state index contributed by atoms with van der Waals surface area (Å²) in [6.45, 7) is 1.91. The minimum Gasteiger partial charge on any atom is -0.469 e. The summed E-state index contributed by atoms with van der Waals surface area (Å²) in [5.74, 6) is 0.336. The van der Waals surface area contributed by atoms with E-state index in [4.69, 9.17) is 9.68 Å². The van der Waals surface area contributed by atoms with E-state index >= 15 is 0 Å². The molecule has 2 rings (SSSR count). The van der Waals surface area contributed by atoms with Gasteiger partial charge in [0.15, 0.2) is 0 Å². The molecule has 0 bridgehead atoms. The van der Waals surface area contributed by atoms with Crippen LogP contribution in [-0.2, 0) is 6.42 Å². The third kappa shape index (κ3) is 2.83. The second-order valence-corrected chi connectivity index (χ2v) is 4.06.